The molecule has 0 atom stereocenters. The first kappa shape index (κ1) is 47.5. The van der Waals surface area contributed by atoms with Crippen molar-refractivity contribution in [1.82, 2.24) is 0 Å². The van der Waals surface area contributed by atoms with E-state index in [-0.39, 0.29) is 78.5 Å². The normalized spacial score (nSPS) is 15.5. The standard InChI is InChI=1S/C42H31N9O14S4/c43-23-1-9-29-21(15-23)17-37(68(60,61)62)39(41(29)52)50-46-26-5-3-25(4-6-26)45-35-12-7-27(19-36(35)67(57,58)59)47-48-34-14-13-33(31-11-8-28(20-32(31)34)66(54,55)56)49-51-40-38(69(63,64)65)18-22-16-24(44)2-10-30(22)42(40)53/h1-20,45-46,49H,43-44H2,(H,54,55,56)(H,57,58,59)(H,60,61,62)(H,63,64,65). The molecule has 11 N–H and O–H groups in total. The maximum atomic E-state index is 13.4. The average molecular weight is 1010 g/mol. The largest absolute Gasteiger partial charge is 0.399 e. The topological polar surface area (TPSA) is 389 Å². The molecular formula is C42H31N9O14S4. The smallest absolute Gasteiger partial charge is 0.296 e. The summed E-state index contributed by atoms with van der Waals surface area (Å²) in [6, 6.07) is 23.4. The van der Waals surface area contributed by atoms with Gasteiger partial charge in [0.1, 0.15) is 14.7 Å². The molecule has 2 aliphatic rings. The quantitative estimate of drug-likeness (QED) is 0.0275. The van der Waals surface area contributed by atoms with E-state index in [4.69, 9.17) is 11.5 Å². The van der Waals surface area contributed by atoms with Gasteiger partial charge in [-0.2, -0.15) is 49.0 Å². The molecule has 0 saturated heterocycles. The summed E-state index contributed by atoms with van der Waals surface area (Å²) in [4.78, 5) is 23.7. The molecular weight excluding hydrogens is 983 g/mol. The Morgan fingerprint density at radius 2 is 1.01 bits per heavy atom. The number of nitrogens with one attached hydrogen (secondary N) is 3. The minimum atomic E-state index is -5.01. The predicted molar refractivity (Wildman–Crippen MR) is 255 cm³/mol. The van der Waals surface area contributed by atoms with Gasteiger partial charge in [-0.3, -0.25) is 38.7 Å². The Labute approximate surface area is 390 Å². The van der Waals surface area contributed by atoms with Gasteiger partial charge in [-0.15, -0.1) is 5.11 Å². The highest BCUT2D eigenvalue weighted by Gasteiger charge is 2.34. The molecule has 2 aliphatic carbocycles. The number of azo groups is 1. The van der Waals surface area contributed by atoms with Crippen LogP contribution in [0.4, 0.5) is 45.5 Å². The Morgan fingerprint density at radius 1 is 0.478 bits per heavy atom. The number of benzene rings is 6. The Kier molecular flexibility index (Phi) is 12.1. The summed E-state index contributed by atoms with van der Waals surface area (Å²) in [7, 11) is -19.7. The maximum absolute atomic E-state index is 13.4. The first-order valence-corrected chi connectivity index (χ1v) is 25.0. The van der Waals surface area contributed by atoms with Crippen molar-refractivity contribution in [2.24, 2.45) is 20.4 Å². The zero-order valence-electron chi connectivity index (χ0n) is 34.5. The second-order valence-corrected chi connectivity index (χ2v) is 20.4. The van der Waals surface area contributed by atoms with Crippen LogP contribution in [0.3, 0.4) is 0 Å². The van der Waals surface area contributed by atoms with Crippen molar-refractivity contribution in [2.75, 3.05) is 27.6 Å². The molecule has 0 bridgehead atoms. The molecule has 0 radical (unpaired) electrons. The van der Waals surface area contributed by atoms with E-state index in [9.17, 15) is 61.5 Å². The second-order valence-electron chi connectivity index (χ2n) is 14.8. The first-order valence-electron chi connectivity index (χ1n) is 19.2. The van der Waals surface area contributed by atoms with Crippen LogP contribution in [0, 0.1) is 0 Å². The van der Waals surface area contributed by atoms with E-state index < -0.39 is 83.1 Å². The Bertz CT molecular complexity index is 3870. The van der Waals surface area contributed by atoms with Crippen LogP contribution in [0.25, 0.3) is 22.9 Å². The number of carbonyl (C=O) groups excluding carboxylic acids is 2. The molecule has 0 amide bonds. The number of hydrazone groups is 2. The molecule has 23 nitrogen and oxygen atoms in total. The van der Waals surface area contributed by atoms with Crippen LogP contribution in [-0.4, -0.2) is 74.9 Å². The third-order valence-electron chi connectivity index (χ3n) is 10.2. The van der Waals surface area contributed by atoms with Gasteiger partial charge in [-0.25, -0.2) is 0 Å². The number of carbonyl (C=O) groups is 2. The van der Waals surface area contributed by atoms with Crippen molar-refractivity contribution in [3.05, 3.63) is 141 Å². The monoisotopic (exact) mass is 1010 g/mol. The van der Waals surface area contributed by atoms with Gasteiger partial charge in [0.25, 0.3) is 40.5 Å². The van der Waals surface area contributed by atoms with Crippen LogP contribution in [0.1, 0.15) is 31.8 Å². The molecule has 0 unspecified atom stereocenters. The minimum Gasteiger partial charge on any atom is -0.399 e. The molecule has 0 fully saturated rings. The molecule has 69 heavy (non-hydrogen) atoms. The summed E-state index contributed by atoms with van der Waals surface area (Å²) >= 11 is 0. The molecule has 6 aromatic carbocycles. The van der Waals surface area contributed by atoms with Crippen LogP contribution in [0.15, 0.2) is 149 Å². The maximum Gasteiger partial charge on any atom is 0.296 e. The predicted octanol–water partition coefficient (Wildman–Crippen LogP) is 6.44. The minimum absolute atomic E-state index is 0.00495. The average Bonchev–Trinajstić information content (AvgIpc) is 3.27. The lowest BCUT2D eigenvalue weighted by Gasteiger charge is -2.17. The van der Waals surface area contributed by atoms with Crippen LogP contribution < -0.4 is 27.6 Å². The number of Topliss-reactive ketones (excluding diaryl/α,β-unsaturated/α-hetero) is 2. The zero-order chi connectivity index (χ0) is 49.8. The van der Waals surface area contributed by atoms with Crippen molar-refractivity contribution in [1.29, 1.82) is 0 Å². The van der Waals surface area contributed by atoms with E-state index in [1.54, 1.807) is 0 Å². The first-order chi connectivity index (χ1) is 32.3. The molecule has 0 heterocycles. The molecule has 0 aliphatic heterocycles. The molecule has 6 aromatic rings. The van der Waals surface area contributed by atoms with Gasteiger partial charge in [0.15, 0.2) is 11.4 Å². The van der Waals surface area contributed by atoms with Gasteiger partial charge in [-0.05, 0) is 126 Å². The lowest BCUT2D eigenvalue weighted by molar-refractivity contribution is 0.105. The van der Waals surface area contributed by atoms with E-state index in [0.717, 1.165) is 30.4 Å². The number of nitrogens with zero attached hydrogens (tertiary/aromatic N) is 4. The number of allylic oxidation sites excluding steroid dienone is 2. The van der Waals surface area contributed by atoms with Gasteiger partial charge in [0, 0.05) is 39.0 Å². The number of hydrogen-bond acceptors (Lipinski definition) is 19. The molecule has 0 aromatic heterocycles. The van der Waals surface area contributed by atoms with Crippen molar-refractivity contribution in [2.45, 2.75) is 9.79 Å². The highest BCUT2D eigenvalue weighted by molar-refractivity contribution is 7.91. The van der Waals surface area contributed by atoms with Crippen molar-refractivity contribution in [3.8, 4) is 0 Å². The number of ketones is 2. The number of hydrogen-bond donors (Lipinski definition) is 9. The Hall–Kier alpha value is -8.02. The molecule has 352 valence electrons. The van der Waals surface area contributed by atoms with Crippen LogP contribution in [-0.2, 0) is 40.5 Å². The number of anilines is 6. The van der Waals surface area contributed by atoms with Gasteiger partial charge in [-0.1, -0.05) is 6.07 Å². The third kappa shape index (κ3) is 10.0. The second kappa shape index (κ2) is 17.6. The Morgan fingerprint density at radius 3 is 1.55 bits per heavy atom. The summed E-state index contributed by atoms with van der Waals surface area (Å²) in [5, 5.41) is 19.1. The van der Waals surface area contributed by atoms with E-state index >= 15 is 0 Å². The van der Waals surface area contributed by atoms with E-state index in [1.165, 1.54) is 91.0 Å². The molecule has 0 spiro atoms. The van der Waals surface area contributed by atoms with E-state index in [1.807, 2.05) is 0 Å². The van der Waals surface area contributed by atoms with Gasteiger partial charge in [0.05, 0.1) is 33.3 Å². The molecule has 8 rings (SSSR count). The highest BCUT2D eigenvalue weighted by atomic mass is 32.2. The number of fused-ring (bicyclic) bond motifs is 3. The lowest BCUT2D eigenvalue weighted by Crippen LogP contribution is -2.27. The van der Waals surface area contributed by atoms with Gasteiger partial charge < -0.3 is 16.8 Å². The van der Waals surface area contributed by atoms with Crippen molar-refractivity contribution >= 4 is 132 Å². The summed E-state index contributed by atoms with van der Waals surface area (Å²) in [6.45, 7) is 0. The van der Waals surface area contributed by atoms with Crippen molar-refractivity contribution < 1.29 is 61.5 Å². The SMILES string of the molecule is Nc1ccc2c(c1)C=C(S(=O)(=O)O)C(=NNc1ccc(Nc3ccc(N=Nc4ccc(NN=C5C(=O)c6ccc(N)cc6C=C5S(=O)(=O)O)c5ccc(S(=O)(=O)O)cc45)cc3S(=O)(=O)O)cc1)C2=O. The van der Waals surface area contributed by atoms with Crippen LogP contribution in [0.5, 0.6) is 0 Å². The molecule has 27 heteroatoms. The van der Waals surface area contributed by atoms with E-state index in [2.05, 4.69) is 36.6 Å². The van der Waals surface area contributed by atoms with Crippen LogP contribution >= 0.6 is 0 Å². The summed E-state index contributed by atoms with van der Waals surface area (Å²) in [5.74, 6) is -1.69. The van der Waals surface area contributed by atoms with Gasteiger partial charge >= 0.3 is 0 Å². The summed E-state index contributed by atoms with van der Waals surface area (Å²) < 4.78 is 138. The number of nitrogens with two attached hydrogens (primary N) is 2. The lowest BCUT2D eigenvalue weighted by atomic mass is 9.94. The van der Waals surface area contributed by atoms with Crippen molar-refractivity contribution in [3.63, 3.8) is 0 Å². The number of nitrogen functional groups attached to an aromatic ring is 2. The number of rotatable bonds is 12. The third-order valence-corrected chi connectivity index (χ3v) is 13.7. The summed E-state index contributed by atoms with van der Waals surface area (Å²) in [5.41, 5.74) is 16.4. The highest BCUT2D eigenvalue weighted by Crippen LogP contribution is 2.37. The van der Waals surface area contributed by atoms with Crippen LogP contribution in [0.2, 0.25) is 0 Å². The fourth-order valence-electron chi connectivity index (χ4n) is 7.00. The molecule has 0 saturated carbocycles. The Balaban J connectivity index is 1.06. The summed E-state index contributed by atoms with van der Waals surface area (Å²) in [6.07, 6.45) is 2.07. The zero-order valence-corrected chi connectivity index (χ0v) is 37.8. The van der Waals surface area contributed by atoms with Gasteiger partial charge in [0.2, 0.25) is 11.6 Å². The van der Waals surface area contributed by atoms with E-state index in [0.29, 0.717) is 0 Å². The fraction of sp³-hybridized carbons (Fsp3) is 0. The fourth-order valence-corrected chi connectivity index (χ4v) is 9.49.